The van der Waals surface area contributed by atoms with Gasteiger partial charge in [0.2, 0.25) is 5.88 Å². The SMILES string of the molecule is COCCOc1ccc(C(=O)Nc2ccc(OC(F)(F)F)cc2)cn1. The minimum absolute atomic E-state index is 0.273. The van der Waals surface area contributed by atoms with Crippen molar-refractivity contribution in [3.63, 3.8) is 0 Å². The van der Waals surface area contributed by atoms with E-state index in [1.165, 1.54) is 30.5 Å². The second kappa shape index (κ2) is 8.34. The Labute approximate surface area is 141 Å². The Balaban J connectivity index is 1.92. The van der Waals surface area contributed by atoms with Gasteiger partial charge in [-0.2, -0.15) is 0 Å². The van der Waals surface area contributed by atoms with Crippen LogP contribution in [-0.4, -0.2) is 37.6 Å². The normalized spacial score (nSPS) is 11.0. The molecule has 0 aliphatic heterocycles. The molecular formula is C16H15F3N2O4. The monoisotopic (exact) mass is 356 g/mol. The third-order valence-corrected chi connectivity index (χ3v) is 2.88. The molecule has 1 aromatic carbocycles. The van der Waals surface area contributed by atoms with Gasteiger partial charge in [-0.15, -0.1) is 13.2 Å². The number of anilines is 1. The highest BCUT2D eigenvalue weighted by Gasteiger charge is 2.30. The molecule has 2 rings (SSSR count). The molecule has 0 unspecified atom stereocenters. The predicted molar refractivity (Wildman–Crippen MR) is 82.7 cm³/mol. The summed E-state index contributed by atoms with van der Waals surface area (Å²) in [6, 6.07) is 7.86. The first-order valence-corrected chi connectivity index (χ1v) is 7.12. The lowest BCUT2D eigenvalue weighted by molar-refractivity contribution is -0.274. The number of amides is 1. The fraction of sp³-hybridized carbons (Fsp3) is 0.250. The number of hydrogen-bond acceptors (Lipinski definition) is 5. The Bertz CT molecular complexity index is 688. The fourth-order valence-corrected chi connectivity index (χ4v) is 1.77. The lowest BCUT2D eigenvalue weighted by Gasteiger charge is -2.10. The molecular weight excluding hydrogens is 341 g/mol. The molecule has 0 bridgehead atoms. The Hall–Kier alpha value is -2.81. The number of hydrogen-bond donors (Lipinski definition) is 1. The van der Waals surface area contributed by atoms with Crippen LogP contribution in [0.5, 0.6) is 11.6 Å². The summed E-state index contributed by atoms with van der Waals surface area (Å²) in [5.41, 5.74) is 0.592. The third-order valence-electron chi connectivity index (χ3n) is 2.88. The number of pyridine rings is 1. The maximum absolute atomic E-state index is 12.1. The van der Waals surface area contributed by atoms with Crippen molar-refractivity contribution in [3.8, 4) is 11.6 Å². The maximum Gasteiger partial charge on any atom is 0.573 e. The van der Waals surface area contributed by atoms with Crippen LogP contribution in [0.1, 0.15) is 10.4 Å². The molecule has 1 amide bonds. The molecule has 134 valence electrons. The second-order valence-electron chi connectivity index (χ2n) is 4.75. The van der Waals surface area contributed by atoms with Crippen LogP contribution < -0.4 is 14.8 Å². The lowest BCUT2D eigenvalue weighted by atomic mass is 10.2. The number of methoxy groups -OCH3 is 1. The van der Waals surface area contributed by atoms with E-state index < -0.39 is 12.3 Å². The molecule has 0 aliphatic rings. The van der Waals surface area contributed by atoms with E-state index in [9.17, 15) is 18.0 Å². The van der Waals surface area contributed by atoms with E-state index in [1.54, 1.807) is 7.11 Å². The predicted octanol–water partition coefficient (Wildman–Crippen LogP) is 3.26. The Morgan fingerprint density at radius 3 is 2.40 bits per heavy atom. The summed E-state index contributed by atoms with van der Waals surface area (Å²) >= 11 is 0. The Morgan fingerprint density at radius 2 is 1.84 bits per heavy atom. The Morgan fingerprint density at radius 1 is 1.12 bits per heavy atom. The molecule has 0 atom stereocenters. The van der Waals surface area contributed by atoms with Gasteiger partial charge in [-0.3, -0.25) is 4.79 Å². The lowest BCUT2D eigenvalue weighted by Crippen LogP contribution is -2.17. The highest BCUT2D eigenvalue weighted by Crippen LogP contribution is 2.24. The molecule has 0 aliphatic carbocycles. The summed E-state index contributed by atoms with van der Waals surface area (Å²) in [7, 11) is 1.55. The summed E-state index contributed by atoms with van der Waals surface area (Å²) in [6.07, 6.45) is -3.43. The van der Waals surface area contributed by atoms with Crippen LogP contribution in [0.15, 0.2) is 42.6 Å². The van der Waals surface area contributed by atoms with E-state index in [1.807, 2.05) is 0 Å². The van der Waals surface area contributed by atoms with Crippen LogP contribution in [0.3, 0.4) is 0 Å². The van der Waals surface area contributed by atoms with Gasteiger partial charge in [-0.25, -0.2) is 4.98 Å². The van der Waals surface area contributed by atoms with Crippen molar-refractivity contribution in [2.24, 2.45) is 0 Å². The molecule has 25 heavy (non-hydrogen) atoms. The highest BCUT2D eigenvalue weighted by atomic mass is 19.4. The first-order valence-electron chi connectivity index (χ1n) is 7.12. The average Bonchev–Trinajstić information content (AvgIpc) is 2.56. The van der Waals surface area contributed by atoms with Gasteiger partial charge in [0.25, 0.3) is 5.91 Å². The number of benzene rings is 1. The first kappa shape index (κ1) is 18.5. The van der Waals surface area contributed by atoms with Crippen molar-refractivity contribution in [3.05, 3.63) is 48.2 Å². The first-order chi connectivity index (χ1) is 11.9. The second-order valence-corrected chi connectivity index (χ2v) is 4.75. The zero-order valence-electron chi connectivity index (χ0n) is 13.2. The van der Waals surface area contributed by atoms with Crippen LogP contribution in [0, 0.1) is 0 Å². The zero-order chi connectivity index (χ0) is 18.3. The van der Waals surface area contributed by atoms with Crippen LogP contribution in [0.2, 0.25) is 0 Å². The molecule has 1 N–H and O–H groups in total. The van der Waals surface area contributed by atoms with E-state index in [-0.39, 0.29) is 11.3 Å². The topological polar surface area (TPSA) is 69.7 Å². The van der Waals surface area contributed by atoms with E-state index >= 15 is 0 Å². The summed E-state index contributed by atoms with van der Waals surface area (Å²) in [6.45, 7) is 0.749. The number of rotatable bonds is 7. The molecule has 0 fully saturated rings. The maximum atomic E-state index is 12.1. The van der Waals surface area contributed by atoms with E-state index in [0.717, 1.165) is 12.1 Å². The largest absolute Gasteiger partial charge is 0.573 e. The number of aromatic nitrogens is 1. The van der Waals surface area contributed by atoms with Gasteiger partial charge >= 0.3 is 6.36 Å². The third kappa shape index (κ3) is 6.30. The number of alkyl halides is 3. The van der Waals surface area contributed by atoms with E-state index in [2.05, 4.69) is 15.0 Å². The van der Waals surface area contributed by atoms with E-state index in [0.29, 0.717) is 24.8 Å². The van der Waals surface area contributed by atoms with Gasteiger partial charge in [0, 0.05) is 25.1 Å². The van der Waals surface area contributed by atoms with Crippen molar-refractivity contribution < 1.29 is 32.2 Å². The van der Waals surface area contributed by atoms with Crippen molar-refractivity contribution in [1.29, 1.82) is 0 Å². The van der Waals surface area contributed by atoms with Gasteiger partial charge in [0.15, 0.2) is 0 Å². The quantitative estimate of drug-likeness (QED) is 0.771. The van der Waals surface area contributed by atoms with Gasteiger partial charge in [-0.1, -0.05) is 0 Å². The minimum atomic E-state index is -4.76. The molecule has 2 aromatic rings. The van der Waals surface area contributed by atoms with Crippen LogP contribution in [0.25, 0.3) is 0 Å². The smallest absolute Gasteiger partial charge is 0.475 e. The molecule has 0 radical (unpaired) electrons. The zero-order valence-corrected chi connectivity index (χ0v) is 13.2. The summed E-state index contributed by atoms with van der Waals surface area (Å²) in [5.74, 6) is -0.479. The van der Waals surface area contributed by atoms with Gasteiger partial charge in [-0.05, 0) is 30.3 Å². The summed E-state index contributed by atoms with van der Waals surface area (Å²) in [4.78, 5) is 16.1. The molecule has 1 heterocycles. The van der Waals surface area contributed by atoms with Gasteiger partial charge < -0.3 is 19.5 Å². The number of nitrogens with one attached hydrogen (secondary N) is 1. The molecule has 1 aromatic heterocycles. The molecule has 0 saturated carbocycles. The standard InChI is InChI=1S/C16H15F3N2O4/c1-23-8-9-24-14-7-2-11(10-20-14)15(22)21-12-3-5-13(6-4-12)25-16(17,18)19/h2-7,10H,8-9H2,1H3,(H,21,22). The molecule has 9 heteroatoms. The summed E-state index contributed by atoms with van der Waals surface area (Å²) in [5, 5.41) is 2.54. The number of carbonyl (C=O) groups is 1. The molecule has 0 spiro atoms. The fourth-order valence-electron chi connectivity index (χ4n) is 1.77. The summed E-state index contributed by atoms with van der Waals surface area (Å²) < 4.78 is 50.1. The highest BCUT2D eigenvalue weighted by molar-refractivity contribution is 6.04. The number of halogens is 3. The van der Waals surface area contributed by atoms with E-state index in [4.69, 9.17) is 9.47 Å². The van der Waals surface area contributed by atoms with Crippen molar-refractivity contribution in [2.45, 2.75) is 6.36 Å². The number of carbonyl (C=O) groups excluding carboxylic acids is 1. The van der Waals surface area contributed by atoms with Crippen molar-refractivity contribution in [1.82, 2.24) is 4.98 Å². The average molecular weight is 356 g/mol. The molecule has 6 nitrogen and oxygen atoms in total. The van der Waals surface area contributed by atoms with Gasteiger partial charge in [0.05, 0.1) is 12.2 Å². The van der Waals surface area contributed by atoms with Crippen LogP contribution in [-0.2, 0) is 4.74 Å². The number of nitrogens with zero attached hydrogens (tertiary/aromatic N) is 1. The van der Waals surface area contributed by atoms with Crippen LogP contribution in [0.4, 0.5) is 18.9 Å². The van der Waals surface area contributed by atoms with Crippen molar-refractivity contribution >= 4 is 11.6 Å². The number of ether oxygens (including phenoxy) is 3. The van der Waals surface area contributed by atoms with Gasteiger partial charge in [0.1, 0.15) is 12.4 Å². The van der Waals surface area contributed by atoms with Crippen molar-refractivity contribution in [2.75, 3.05) is 25.6 Å². The minimum Gasteiger partial charge on any atom is -0.475 e. The molecule has 0 saturated heterocycles. The Kier molecular flexibility index (Phi) is 6.18. The van der Waals surface area contributed by atoms with Crippen LogP contribution >= 0.6 is 0 Å².